The molecule has 1 N–H and O–H groups in total. The number of fused-ring (bicyclic) bond motifs is 4. The van der Waals surface area contributed by atoms with Crippen LogP contribution >= 0.6 is 0 Å². The largest absolute Gasteiger partial charge is 0.496 e. The van der Waals surface area contributed by atoms with Crippen molar-refractivity contribution >= 4 is 33.6 Å². The minimum absolute atomic E-state index is 0.141. The highest BCUT2D eigenvalue weighted by molar-refractivity contribution is 6.13. The number of carboxylic acids is 1. The number of hydrogen-bond acceptors (Lipinski definition) is 3. The van der Waals surface area contributed by atoms with Crippen LogP contribution in [-0.4, -0.2) is 28.7 Å². The minimum Gasteiger partial charge on any atom is -0.496 e. The van der Waals surface area contributed by atoms with Gasteiger partial charge in [-0.3, -0.25) is 14.2 Å². The molecule has 0 radical (unpaired) electrons. The van der Waals surface area contributed by atoms with Crippen LogP contribution in [0.2, 0.25) is 0 Å². The SMILES string of the molecule is COc1ccc(C(=O)n2c3c(c4ccccc42)C(C(=O)O)CCC3)c2ccccc12. The number of carbonyl (C=O) groups excluding carboxylic acids is 1. The predicted octanol–water partition coefficient (Wildman–Crippen LogP) is 5.00. The average molecular weight is 399 g/mol. The Bertz CT molecular complexity index is 1320. The van der Waals surface area contributed by atoms with Crippen LogP contribution in [0.5, 0.6) is 5.75 Å². The number of rotatable bonds is 3. The number of hydrogen-bond donors (Lipinski definition) is 1. The van der Waals surface area contributed by atoms with Gasteiger partial charge >= 0.3 is 5.97 Å². The van der Waals surface area contributed by atoms with Gasteiger partial charge in [-0.15, -0.1) is 0 Å². The van der Waals surface area contributed by atoms with Gasteiger partial charge in [0.1, 0.15) is 5.75 Å². The first-order valence-electron chi connectivity index (χ1n) is 10.1. The molecule has 0 bridgehead atoms. The Kier molecular flexibility index (Phi) is 4.31. The summed E-state index contributed by atoms with van der Waals surface area (Å²) in [7, 11) is 1.62. The van der Waals surface area contributed by atoms with E-state index in [0.29, 0.717) is 24.2 Å². The molecule has 0 saturated heterocycles. The Balaban J connectivity index is 1.79. The van der Waals surface area contributed by atoms with Gasteiger partial charge < -0.3 is 9.84 Å². The Morgan fingerprint density at radius 3 is 2.40 bits per heavy atom. The Morgan fingerprint density at radius 1 is 0.967 bits per heavy atom. The van der Waals surface area contributed by atoms with E-state index in [0.717, 1.165) is 39.4 Å². The summed E-state index contributed by atoms with van der Waals surface area (Å²) in [5.41, 5.74) is 2.95. The normalized spacial score (nSPS) is 15.8. The fraction of sp³-hybridized carbons (Fsp3) is 0.200. The zero-order chi connectivity index (χ0) is 20.8. The topological polar surface area (TPSA) is 68.5 Å². The molecule has 1 heterocycles. The Morgan fingerprint density at radius 2 is 1.67 bits per heavy atom. The summed E-state index contributed by atoms with van der Waals surface area (Å²) in [5.74, 6) is -0.841. The van der Waals surface area contributed by atoms with Crippen molar-refractivity contribution in [3.05, 3.63) is 77.5 Å². The van der Waals surface area contributed by atoms with Crippen LogP contribution in [0, 0.1) is 0 Å². The third-order valence-electron chi connectivity index (χ3n) is 6.11. The highest BCUT2D eigenvalue weighted by Gasteiger charge is 2.33. The average Bonchev–Trinajstić information content (AvgIpc) is 3.12. The lowest BCUT2D eigenvalue weighted by Gasteiger charge is -2.21. The summed E-state index contributed by atoms with van der Waals surface area (Å²) in [5, 5.41) is 12.3. The molecule has 4 aromatic rings. The zero-order valence-electron chi connectivity index (χ0n) is 16.6. The monoisotopic (exact) mass is 399 g/mol. The van der Waals surface area contributed by atoms with E-state index in [1.807, 2.05) is 54.6 Å². The van der Waals surface area contributed by atoms with Gasteiger partial charge in [-0.2, -0.15) is 0 Å². The van der Waals surface area contributed by atoms with Crippen LogP contribution in [-0.2, 0) is 11.2 Å². The van der Waals surface area contributed by atoms with E-state index in [1.165, 1.54) is 0 Å². The lowest BCUT2D eigenvalue weighted by atomic mass is 9.85. The summed E-state index contributed by atoms with van der Waals surface area (Å²) in [4.78, 5) is 25.8. The van der Waals surface area contributed by atoms with Gasteiger partial charge in [0.2, 0.25) is 0 Å². The standard InChI is InChI=1S/C25H21NO4/c1-30-22-14-13-17(15-7-2-3-8-16(15)22)24(27)26-20-11-5-4-9-18(20)23-19(25(28)29)10-6-12-21(23)26/h2-5,7-9,11,13-14,19H,6,10,12H2,1H3,(H,28,29). The molecule has 0 saturated carbocycles. The number of benzene rings is 3. The van der Waals surface area contributed by atoms with E-state index in [1.54, 1.807) is 17.7 Å². The third kappa shape index (κ3) is 2.62. The molecule has 5 heteroatoms. The van der Waals surface area contributed by atoms with Gasteiger partial charge in [0.25, 0.3) is 5.91 Å². The second-order valence-electron chi connectivity index (χ2n) is 7.66. The molecule has 1 aliphatic rings. The van der Waals surface area contributed by atoms with Crippen molar-refractivity contribution in [2.24, 2.45) is 0 Å². The number of methoxy groups -OCH3 is 1. The molecule has 3 aromatic carbocycles. The molecular formula is C25H21NO4. The van der Waals surface area contributed by atoms with E-state index in [-0.39, 0.29) is 5.91 Å². The molecule has 1 aliphatic carbocycles. The molecular weight excluding hydrogens is 378 g/mol. The van der Waals surface area contributed by atoms with E-state index < -0.39 is 11.9 Å². The van der Waals surface area contributed by atoms with Crippen molar-refractivity contribution in [1.82, 2.24) is 4.57 Å². The molecule has 1 aromatic heterocycles. The Hall–Kier alpha value is -3.60. The van der Waals surface area contributed by atoms with Gasteiger partial charge in [-0.1, -0.05) is 42.5 Å². The number of carbonyl (C=O) groups is 2. The van der Waals surface area contributed by atoms with E-state index in [9.17, 15) is 14.7 Å². The molecule has 0 spiro atoms. The van der Waals surface area contributed by atoms with Crippen molar-refractivity contribution in [3.63, 3.8) is 0 Å². The highest BCUT2D eigenvalue weighted by atomic mass is 16.5. The quantitative estimate of drug-likeness (QED) is 0.527. The Labute approximate surface area is 173 Å². The fourth-order valence-electron chi connectivity index (χ4n) is 4.81. The molecule has 150 valence electrons. The smallest absolute Gasteiger partial charge is 0.311 e. The first kappa shape index (κ1) is 18.4. The van der Waals surface area contributed by atoms with E-state index in [4.69, 9.17) is 4.74 Å². The second kappa shape index (κ2) is 7.02. The van der Waals surface area contributed by atoms with Gasteiger partial charge in [0, 0.05) is 22.0 Å². The number of aromatic nitrogens is 1. The lowest BCUT2D eigenvalue weighted by molar-refractivity contribution is -0.139. The molecule has 0 fully saturated rings. The first-order valence-corrected chi connectivity index (χ1v) is 10.1. The van der Waals surface area contributed by atoms with Crippen LogP contribution in [0.1, 0.15) is 40.4 Å². The fourth-order valence-corrected chi connectivity index (χ4v) is 4.81. The summed E-state index contributed by atoms with van der Waals surface area (Å²) < 4.78 is 7.20. The summed E-state index contributed by atoms with van der Waals surface area (Å²) in [6, 6.07) is 18.9. The first-order chi connectivity index (χ1) is 14.6. The van der Waals surface area contributed by atoms with E-state index >= 15 is 0 Å². The van der Waals surface area contributed by atoms with Gasteiger partial charge in [-0.05, 0) is 48.4 Å². The molecule has 30 heavy (non-hydrogen) atoms. The molecule has 5 nitrogen and oxygen atoms in total. The van der Waals surface area contributed by atoms with Crippen LogP contribution in [0.4, 0.5) is 0 Å². The lowest BCUT2D eigenvalue weighted by Crippen LogP contribution is -2.22. The van der Waals surface area contributed by atoms with Crippen LogP contribution in [0.25, 0.3) is 21.7 Å². The third-order valence-corrected chi connectivity index (χ3v) is 6.11. The zero-order valence-corrected chi connectivity index (χ0v) is 16.6. The van der Waals surface area contributed by atoms with Crippen LogP contribution in [0.15, 0.2) is 60.7 Å². The molecule has 5 rings (SSSR count). The maximum atomic E-state index is 13.9. The molecule has 0 amide bonds. The minimum atomic E-state index is -0.832. The van der Waals surface area contributed by atoms with Crippen molar-refractivity contribution in [2.45, 2.75) is 25.2 Å². The summed E-state index contributed by atoms with van der Waals surface area (Å²) in [6.07, 6.45) is 2.03. The van der Waals surface area contributed by atoms with Crippen LogP contribution < -0.4 is 4.74 Å². The maximum Gasteiger partial charge on any atom is 0.311 e. The predicted molar refractivity (Wildman–Crippen MR) is 115 cm³/mol. The molecule has 1 unspecified atom stereocenters. The number of carboxylic acid groups (broad SMARTS) is 1. The van der Waals surface area contributed by atoms with Crippen molar-refractivity contribution in [2.75, 3.05) is 7.11 Å². The van der Waals surface area contributed by atoms with Gasteiger partial charge in [0.05, 0.1) is 18.5 Å². The summed E-state index contributed by atoms with van der Waals surface area (Å²) >= 11 is 0. The number of nitrogens with zero attached hydrogens (tertiary/aromatic N) is 1. The number of aliphatic carboxylic acids is 1. The van der Waals surface area contributed by atoms with Crippen molar-refractivity contribution < 1.29 is 19.4 Å². The van der Waals surface area contributed by atoms with Crippen LogP contribution in [0.3, 0.4) is 0 Å². The second-order valence-corrected chi connectivity index (χ2v) is 7.66. The molecule has 0 aliphatic heterocycles. The van der Waals surface area contributed by atoms with Gasteiger partial charge in [0.15, 0.2) is 0 Å². The summed E-state index contributed by atoms with van der Waals surface area (Å²) in [6.45, 7) is 0. The van der Waals surface area contributed by atoms with Gasteiger partial charge in [-0.25, -0.2) is 0 Å². The number of para-hydroxylation sites is 1. The number of ether oxygens (including phenoxy) is 1. The maximum absolute atomic E-state index is 13.9. The van der Waals surface area contributed by atoms with E-state index in [2.05, 4.69) is 0 Å². The van der Waals surface area contributed by atoms with Crippen molar-refractivity contribution in [1.29, 1.82) is 0 Å². The molecule has 1 atom stereocenters. The van der Waals surface area contributed by atoms with Crippen molar-refractivity contribution in [3.8, 4) is 5.75 Å². The highest BCUT2D eigenvalue weighted by Crippen LogP contribution is 2.40.